The summed E-state index contributed by atoms with van der Waals surface area (Å²) in [6.45, 7) is 1.42. The minimum atomic E-state index is -0.0944. The Labute approximate surface area is 176 Å². The molecule has 1 saturated heterocycles. The van der Waals surface area contributed by atoms with Gasteiger partial charge in [-0.3, -0.25) is 9.59 Å². The van der Waals surface area contributed by atoms with Crippen LogP contribution in [-0.4, -0.2) is 36.6 Å². The predicted octanol–water partition coefficient (Wildman–Crippen LogP) is 3.79. The van der Waals surface area contributed by atoms with E-state index in [9.17, 15) is 9.59 Å². The molecule has 156 valence electrons. The second-order valence-electron chi connectivity index (χ2n) is 8.31. The van der Waals surface area contributed by atoms with Gasteiger partial charge < -0.3 is 19.7 Å². The number of piperidine rings is 1. The van der Waals surface area contributed by atoms with Gasteiger partial charge in [0.25, 0.3) is 5.91 Å². The highest BCUT2D eigenvalue weighted by molar-refractivity contribution is 5.95. The van der Waals surface area contributed by atoms with E-state index in [1.54, 1.807) is 12.1 Å². The first kappa shape index (κ1) is 19.0. The van der Waals surface area contributed by atoms with Crippen LogP contribution in [0.4, 0.5) is 5.69 Å². The van der Waals surface area contributed by atoms with E-state index in [-0.39, 0.29) is 24.5 Å². The van der Waals surface area contributed by atoms with Crippen molar-refractivity contribution in [1.82, 2.24) is 4.90 Å². The average molecular weight is 406 g/mol. The Balaban J connectivity index is 1.18. The molecule has 30 heavy (non-hydrogen) atoms. The molecular weight excluding hydrogens is 380 g/mol. The van der Waals surface area contributed by atoms with E-state index in [2.05, 4.69) is 17.4 Å². The Bertz CT molecular complexity index is 979. The lowest BCUT2D eigenvalue weighted by Gasteiger charge is -2.31. The Morgan fingerprint density at radius 1 is 0.900 bits per heavy atom. The van der Waals surface area contributed by atoms with Crippen LogP contribution in [0.1, 0.15) is 47.2 Å². The van der Waals surface area contributed by atoms with Gasteiger partial charge in [0.1, 0.15) is 0 Å². The summed E-state index contributed by atoms with van der Waals surface area (Å²) in [5, 5.41) is 2.97. The third-order valence-electron chi connectivity index (χ3n) is 6.39. The molecule has 1 fully saturated rings. The summed E-state index contributed by atoms with van der Waals surface area (Å²) in [6, 6.07) is 11.6. The highest BCUT2D eigenvalue weighted by Crippen LogP contribution is 2.34. The number of carbonyl (C=O) groups excluding carboxylic acids is 2. The zero-order chi connectivity index (χ0) is 20.5. The monoisotopic (exact) mass is 406 g/mol. The van der Waals surface area contributed by atoms with Crippen molar-refractivity contribution in [2.45, 2.75) is 38.5 Å². The number of ether oxygens (including phenoxy) is 2. The molecule has 6 heteroatoms. The Morgan fingerprint density at radius 2 is 1.67 bits per heavy atom. The summed E-state index contributed by atoms with van der Waals surface area (Å²) >= 11 is 0. The molecule has 1 N–H and O–H groups in total. The van der Waals surface area contributed by atoms with Crippen LogP contribution in [0.15, 0.2) is 36.4 Å². The van der Waals surface area contributed by atoms with Crippen LogP contribution < -0.4 is 14.8 Å². The topological polar surface area (TPSA) is 67.9 Å². The molecule has 2 amide bonds. The van der Waals surface area contributed by atoms with E-state index in [0.717, 1.165) is 18.4 Å². The van der Waals surface area contributed by atoms with E-state index in [1.807, 2.05) is 17.0 Å². The van der Waals surface area contributed by atoms with E-state index < -0.39 is 0 Å². The normalized spacial score (nSPS) is 18.1. The molecule has 1 aliphatic carbocycles. The van der Waals surface area contributed by atoms with Crippen LogP contribution in [0.5, 0.6) is 11.5 Å². The van der Waals surface area contributed by atoms with Crippen LogP contribution in [-0.2, 0) is 17.6 Å². The van der Waals surface area contributed by atoms with E-state index >= 15 is 0 Å². The van der Waals surface area contributed by atoms with Gasteiger partial charge in [-0.2, -0.15) is 0 Å². The van der Waals surface area contributed by atoms with Crippen LogP contribution >= 0.6 is 0 Å². The van der Waals surface area contributed by atoms with Crippen molar-refractivity contribution in [3.8, 4) is 11.5 Å². The van der Waals surface area contributed by atoms with Gasteiger partial charge in [0.2, 0.25) is 12.7 Å². The quantitative estimate of drug-likeness (QED) is 0.842. The lowest BCUT2D eigenvalue weighted by Crippen LogP contribution is -2.41. The van der Waals surface area contributed by atoms with Gasteiger partial charge >= 0.3 is 0 Å². The van der Waals surface area contributed by atoms with Crippen LogP contribution in [0.2, 0.25) is 0 Å². The smallest absolute Gasteiger partial charge is 0.253 e. The Hall–Kier alpha value is -3.02. The lowest BCUT2D eigenvalue weighted by molar-refractivity contribution is -0.121. The molecule has 0 saturated carbocycles. The minimum Gasteiger partial charge on any atom is -0.454 e. The highest BCUT2D eigenvalue weighted by Gasteiger charge is 2.28. The minimum absolute atomic E-state index is 0.00487. The van der Waals surface area contributed by atoms with Gasteiger partial charge in [-0.25, -0.2) is 0 Å². The number of nitrogens with zero attached hydrogens (tertiary/aromatic N) is 1. The molecule has 0 aromatic heterocycles. The lowest BCUT2D eigenvalue weighted by atomic mass is 9.90. The fraction of sp³-hybridized carbons (Fsp3) is 0.417. The first-order chi connectivity index (χ1) is 14.7. The van der Waals surface area contributed by atoms with E-state index in [0.29, 0.717) is 43.1 Å². The number of hydrogen-bond acceptors (Lipinski definition) is 4. The van der Waals surface area contributed by atoms with Crippen LogP contribution in [0.25, 0.3) is 0 Å². The maximum atomic E-state index is 13.0. The molecule has 3 aliphatic rings. The molecule has 2 aliphatic heterocycles. The molecule has 2 heterocycles. The zero-order valence-corrected chi connectivity index (χ0v) is 17.0. The van der Waals surface area contributed by atoms with E-state index in [4.69, 9.17) is 9.47 Å². The number of aryl methyl sites for hydroxylation is 2. The molecule has 0 atom stereocenters. The third-order valence-corrected chi connectivity index (χ3v) is 6.39. The molecule has 2 aromatic carbocycles. The largest absolute Gasteiger partial charge is 0.454 e. The second kappa shape index (κ2) is 8.01. The van der Waals surface area contributed by atoms with Gasteiger partial charge in [0.15, 0.2) is 11.5 Å². The molecule has 6 nitrogen and oxygen atoms in total. The van der Waals surface area contributed by atoms with Crippen molar-refractivity contribution in [2.75, 3.05) is 25.2 Å². The first-order valence-corrected chi connectivity index (χ1v) is 10.8. The van der Waals surface area contributed by atoms with Crippen molar-refractivity contribution in [1.29, 1.82) is 0 Å². The molecule has 0 radical (unpaired) electrons. The number of hydrogen-bond donors (Lipinski definition) is 1. The van der Waals surface area contributed by atoms with Crippen molar-refractivity contribution in [3.63, 3.8) is 0 Å². The molecule has 0 spiro atoms. The Morgan fingerprint density at radius 3 is 2.50 bits per heavy atom. The molecule has 0 bridgehead atoms. The number of carbonyl (C=O) groups is 2. The van der Waals surface area contributed by atoms with Gasteiger partial charge in [0, 0.05) is 36.3 Å². The summed E-state index contributed by atoms with van der Waals surface area (Å²) < 4.78 is 10.7. The first-order valence-electron chi connectivity index (χ1n) is 10.8. The number of anilines is 1. The van der Waals surface area contributed by atoms with Crippen molar-refractivity contribution in [2.24, 2.45) is 5.92 Å². The molecule has 5 rings (SSSR count). The van der Waals surface area contributed by atoms with Crippen molar-refractivity contribution in [3.05, 3.63) is 53.1 Å². The third kappa shape index (κ3) is 3.74. The van der Waals surface area contributed by atoms with Crippen LogP contribution in [0.3, 0.4) is 0 Å². The maximum Gasteiger partial charge on any atom is 0.253 e. The zero-order valence-electron chi connectivity index (χ0n) is 17.0. The number of fused-ring (bicyclic) bond motifs is 2. The van der Waals surface area contributed by atoms with E-state index in [1.165, 1.54) is 24.0 Å². The summed E-state index contributed by atoms with van der Waals surface area (Å²) in [6.07, 6.45) is 5.98. The number of likely N-dealkylation sites (tertiary alicyclic amines) is 1. The SMILES string of the molecule is O=C(Nc1ccc2c(c1)OCO2)C1CCN(C(=O)c2ccc3c(c2)CCCC3)CC1. The number of amides is 2. The molecule has 2 aromatic rings. The highest BCUT2D eigenvalue weighted by atomic mass is 16.7. The van der Waals surface area contributed by atoms with Crippen molar-refractivity contribution >= 4 is 17.5 Å². The number of benzene rings is 2. The van der Waals surface area contributed by atoms with Crippen LogP contribution in [0, 0.1) is 5.92 Å². The number of rotatable bonds is 3. The Kier molecular flexibility index (Phi) is 5.07. The average Bonchev–Trinajstić information content (AvgIpc) is 3.26. The molecule has 0 unspecified atom stereocenters. The van der Waals surface area contributed by atoms with Gasteiger partial charge in [-0.05, 0) is 73.9 Å². The summed E-state index contributed by atoms with van der Waals surface area (Å²) in [5.74, 6) is 1.33. The molecular formula is C24H26N2O4. The maximum absolute atomic E-state index is 13.0. The van der Waals surface area contributed by atoms with Gasteiger partial charge in [0.05, 0.1) is 0 Å². The fourth-order valence-electron chi connectivity index (χ4n) is 4.61. The summed E-state index contributed by atoms with van der Waals surface area (Å²) in [4.78, 5) is 27.5. The summed E-state index contributed by atoms with van der Waals surface area (Å²) in [7, 11) is 0. The standard InChI is InChI=1S/C24H26N2O4/c27-23(25-20-7-8-21-22(14-20)30-15-29-21)17-9-11-26(12-10-17)24(28)19-6-5-16-3-1-2-4-18(16)13-19/h5-8,13-14,17H,1-4,9-12,15H2,(H,25,27). The fourth-order valence-corrected chi connectivity index (χ4v) is 4.61. The van der Waals surface area contributed by atoms with Crippen molar-refractivity contribution < 1.29 is 19.1 Å². The van der Waals surface area contributed by atoms with Gasteiger partial charge in [-0.1, -0.05) is 6.07 Å². The number of nitrogens with one attached hydrogen (secondary N) is 1. The summed E-state index contributed by atoms with van der Waals surface area (Å²) in [5.41, 5.74) is 4.19. The second-order valence-corrected chi connectivity index (χ2v) is 8.31. The van der Waals surface area contributed by atoms with Gasteiger partial charge in [-0.15, -0.1) is 0 Å². The predicted molar refractivity (Wildman–Crippen MR) is 113 cm³/mol.